The van der Waals surface area contributed by atoms with Gasteiger partial charge < -0.3 is 9.84 Å². The van der Waals surface area contributed by atoms with Crippen LogP contribution in [-0.2, 0) is 13.0 Å². The van der Waals surface area contributed by atoms with E-state index >= 15 is 0 Å². The molecule has 0 fully saturated rings. The molecule has 4 nitrogen and oxygen atoms in total. The molecule has 0 aliphatic rings. The van der Waals surface area contributed by atoms with Gasteiger partial charge in [0.25, 0.3) is 0 Å². The smallest absolute Gasteiger partial charge is 0.240 e. The fourth-order valence-electron chi connectivity index (χ4n) is 1.50. The summed E-state index contributed by atoms with van der Waals surface area (Å²) in [5.74, 6) is 0.882. The third kappa shape index (κ3) is 3.49. The molecule has 1 heterocycles. The van der Waals surface area contributed by atoms with E-state index in [1.54, 1.807) is 18.2 Å². The highest BCUT2D eigenvalue weighted by Gasteiger charge is 2.06. The highest BCUT2D eigenvalue weighted by molar-refractivity contribution is 5.19. The minimum absolute atomic E-state index is 0.249. The summed E-state index contributed by atoms with van der Waals surface area (Å²) in [5, 5.41) is 6.94. The lowest BCUT2D eigenvalue weighted by atomic mass is 10.1. The minimum atomic E-state index is -0.249. The summed E-state index contributed by atoms with van der Waals surface area (Å²) in [6.45, 7) is 4.81. The molecule has 0 spiro atoms. The Morgan fingerprint density at radius 1 is 1.33 bits per heavy atom. The number of hydrogen-bond donors (Lipinski definition) is 1. The molecule has 0 atom stereocenters. The van der Waals surface area contributed by atoms with Gasteiger partial charge in [-0.3, -0.25) is 0 Å². The van der Waals surface area contributed by atoms with E-state index in [9.17, 15) is 4.39 Å². The van der Waals surface area contributed by atoms with Crippen molar-refractivity contribution in [2.75, 3.05) is 6.54 Å². The largest absolute Gasteiger partial charge is 0.338 e. The molecule has 0 radical (unpaired) electrons. The first-order valence-corrected chi connectivity index (χ1v) is 5.65. The van der Waals surface area contributed by atoms with Crippen LogP contribution in [0.1, 0.15) is 17.3 Å². The van der Waals surface area contributed by atoms with Crippen molar-refractivity contribution in [1.29, 1.82) is 0 Å². The van der Waals surface area contributed by atoms with Gasteiger partial charge in [0, 0.05) is 13.0 Å². The average molecular weight is 247 g/mol. The number of aromatic nitrogens is 2. The van der Waals surface area contributed by atoms with E-state index in [0.29, 0.717) is 31.2 Å². The molecule has 5 heteroatoms. The lowest BCUT2D eigenvalue weighted by Gasteiger charge is -1.96. The molecular formula is C13H14FN3O. The maximum atomic E-state index is 12.7. The van der Waals surface area contributed by atoms with Gasteiger partial charge in [-0.05, 0) is 17.7 Å². The second kappa shape index (κ2) is 6.07. The molecule has 0 aliphatic carbocycles. The van der Waals surface area contributed by atoms with E-state index in [1.807, 2.05) is 0 Å². The fraction of sp³-hybridized carbons (Fsp3) is 0.231. The minimum Gasteiger partial charge on any atom is -0.338 e. The second-order valence-corrected chi connectivity index (χ2v) is 3.83. The van der Waals surface area contributed by atoms with E-state index in [0.717, 1.165) is 5.56 Å². The van der Waals surface area contributed by atoms with Crippen molar-refractivity contribution < 1.29 is 8.91 Å². The van der Waals surface area contributed by atoms with Crippen molar-refractivity contribution in [1.82, 2.24) is 15.5 Å². The molecule has 1 N–H and O–H groups in total. The Balaban J connectivity index is 1.93. The lowest BCUT2D eigenvalue weighted by molar-refractivity contribution is 0.366. The van der Waals surface area contributed by atoms with Gasteiger partial charge in [0.1, 0.15) is 5.82 Å². The summed E-state index contributed by atoms with van der Waals surface area (Å²) in [4.78, 5) is 4.23. The summed E-state index contributed by atoms with van der Waals surface area (Å²) < 4.78 is 17.8. The molecule has 0 amide bonds. The van der Waals surface area contributed by atoms with Gasteiger partial charge in [-0.1, -0.05) is 23.4 Å². The predicted octanol–water partition coefficient (Wildman–Crippen LogP) is 2.08. The Morgan fingerprint density at radius 2 is 2.11 bits per heavy atom. The maximum absolute atomic E-state index is 12.7. The van der Waals surface area contributed by atoms with Gasteiger partial charge in [-0.2, -0.15) is 4.98 Å². The van der Waals surface area contributed by atoms with Gasteiger partial charge in [0.05, 0.1) is 6.54 Å². The van der Waals surface area contributed by atoms with Gasteiger partial charge in [0.2, 0.25) is 5.89 Å². The van der Waals surface area contributed by atoms with E-state index in [1.165, 1.54) is 12.1 Å². The second-order valence-electron chi connectivity index (χ2n) is 3.83. The van der Waals surface area contributed by atoms with Crippen LogP contribution in [0.2, 0.25) is 0 Å². The van der Waals surface area contributed by atoms with Gasteiger partial charge in [-0.25, -0.2) is 4.39 Å². The predicted molar refractivity (Wildman–Crippen MR) is 65.4 cm³/mol. The third-order valence-corrected chi connectivity index (χ3v) is 2.35. The molecule has 18 heavy (non-hydrogen) atoms. The number of halogens is 1. The summed E-state index contributed by atoms with van der Waals surface area (Å²) in [6.07, 6.45) is 2.29. The van der Waals surface area contributed by atoms with Crippen LogP contribution < -0.4 is 5.32 Å². The first-order chi connectivity index (χ1) is 8.78. The molecule has 2 aromatic rings. The molecule has 1 aromatic carbocycles. The highest BCUT2D eigenvalue weighted by Crippen LogP contribution is 2.08. The number of benzene rings is 1. The van der Waals surface area contributed by atoms with Crippen LogP contribution in [0.25, 0.3) is 0 Å². The topological polar surface area (TPSA) is 51.0 Å². The Kier molecular flexibility index (Phi) is 4.20. The Bertz CT molecular complexity index is 507. The zero-order valence-electron chi connectivity index (χ0n) is 9.90. The quantitative estimate of drug-likeness (QED) is 0.627. The van der Waals surface area contributed by atoms with Crippen LogP contribution in [-0.4, -0.2) is 16.7 Å². The van der Waals surface area contributed by atoms with E-state index in [2.05, 4.69) is 22.0 Å². The number of nitrogens with one attached hydrogen (secondary N) is 1. The van der Waals surface area contributed by atoms with E-state index < -0.39 is 0 Å². The summed E-state index contributed by atoms with van der Waals surface area (Å²) in [7, 11) is 0. The Morgan fingerprint density at radius 3 is 2.83 bits per heavy atom. The molecule has 1 aromatic heterocycles. The van der Waals surface area contributed by atoms with Crippen LogP contribution >= 0.6 is 0 Å². The summed E-state index contributed by atoms with van der Waals surface area (Å²) >= 11 is 0. The van der Waals surface area contributed by atoms with Gasteiger partial charge in [-0.15, -0.1) is 6.58 Å². The van der Waals surface area contributed by atoms with Crippen LogP contribution in [0, 0.1) is 5.82 Å². The van der Waals surface area contributed by atoms with Crippen molar-refractivity contribution in [3.8, 4) is 0 Å². The first-order valence-electron chi connectivity index (χ1n) is 5.65. The molecule has 0 unspecified atom stereocenters. The van der Waals surface area contributed by atoms with Gasteiger partial charge >= 0.3 is 0 Å². The molecule has 0 saturated heterocycles. The van der Waals surface area contributed by atoms with Crippen molar-refractivity contribution in [2.24, 2.45) is 0 Å². The normalized spacial score (nSPS) is 10.5. The van der Waals surface area contributed by atoms with Gasteiger partial charge in [0.15, 0.2) is 5.82 Å². The van der Waals surface area contributed by atoms with Crippen molar-refractivity contribution in [2.45, 2.75) is 13.0 Å². The van der Waals surface area contributed by atoms with Crippen molar-refractivity contribution in [3.63, 3.8) is 0 Å². The monoisotopic (exact) mass is 247 g/mol. The van der Waals surface area contributed by atoms with Crippen LogP contribution in [0.15, 0.2) is 41.4 Å². The molecule has 0 aliphatic heterocycles. The average Bonchev–Trinajstić information content (AvgIpc) is 2.80. The first kappa shape index (κ1) is 12.4. The molecule has 0 saturated carbocycles. The van der Waals surface area contributed by atoms with Crippen LogP contribution in [0.5, 0.6) is 0 Å². The summed E-state index contributed by atoms with van der Waals surface area (Å²) in [5.41, 5.74) is 0.947. The number of hydrogen-bond acceptors (Lipinski definition) is 4. The van der Waals surface area contributed by atoms with Crippen molar-refractivity contribution in [3.05, 3.63) is 60.0 Å². The zero-order chi connectivity index (χ0) is 12.8. The Hall–Kier alpha value is -2.01. The van der Waals surface area contributed by atoms with E-state index in [-0.39, 0.29) is 5.82 Å². The number of rotatable bonds is 6. The third-order valence-electron chi connectivity index (χ3n) is 2.35. The lowest BCUT2D eigenvalue weighted by Crippen LogP contribution is -2.12. The molecule has 94 valence electrons. The fourth-order valence-corrected chi connectivity index (χ4v) is 1.50. The highest BCUT2D eigenvalue weighted by atomic mass is 19.1. The maximum Gasteiger partial charge on any atom is 0.240 e. The van der Waals surface area contributed by atoms with Crippen molar-refractivity contribution >= 4 is 0 Å². The zero-order valence-corrected chi connectivity index (χ0v) is 9.90. The Labute approximate surface area is 105 Å². The SMILES string of the molecule is C=CCNCc1nc(Cc2ccc(F)cc2)no1. The van der Waals surface area contributed by atoms with Crippen LogP contribution in [0.4, 0.5) is 4.39 Å². The summed E-state index contributed by atoms with van der Waals surface area (Å²) in [6, 6.07) is 6.26. The molecule has 0 bridgehead atoms. The molecular weight excluding hydrogens is 233 g/mol. The van der Waals surface area contributed by atoms with Crippen LogP contribution in [0.3, 0.4) is 0 Å². The standard InChI is InChI=1S/C13H14FN3O/c1-2-7-15-9-13-16-12(17-18-13)8-10-3-5-11(14)6-4-10/h2-6,15H,1,7-9H2. The van der Waals surface area contributed by atoms with E-state index in [4.69, 9.17) is 4.52 Å². The number of nitrogens with zero attached hydrogens (tertiary/aromatic N) is 2. The molecule has 2 rings (SSSR count).